The van der Waals surface area contributed by atoms with Gasteiger partial charge in [-0.1, -0.05) is 0 Å². The Morgan fingerprint density at radius 2 is 1.89 bits per heavy atom. The summed E-state index contributed by atoms with van der Waals surface area (Å²) >= 11 is 0. The van der Waals surface area contributed by atoms with Gasteiger partial charge in [-0.05, 0) is 63.9 Å². The molecule has 0 aliphatic carbocycles. The summed E-state index contributed by atoms with van der Waals surface area (Å²) in [5.74, 6) is 0.0153. The second-order valence-electron chi connectivity index (χ2n) is 5.30. The highest BCUT2D eigenvalue weighted by molar-refractivity contribution is 5.99. The van der Waals surface area contributed by atoms with E-state index in [1.165, 1.54) is 6.92 Å². The Morgan fingerprint density at radius 1 is 1.21 bits per heavy atom. The molecule has 4 heteroatoms. The van der Waals surface area contributed by atoms with Gasteiger partial charge >= 0.3 is 0 Å². The molecule has 1 heterocycles. The van der Waals surface area contributed by atoms with Crippen molar-refractivity contribution in [3.8, 4) is 0 Å². The lowest BCUT2D eigenvalue weighted by Gasteiger charge is -2.33. The van der Waals surface area contributed by atoms with Gasteiger partial charge in [0.05, 0.1) is 5.54 Å². The van der Waals surface area contributed by atoms with Crippen molar-refractivity contribution in [3.63, 3.8) is 0 Å². The van der Waals surface area contributed by atoms with Gasteiger partial charge in [-0.15, -0.1) is 0 Å². The lowest BCUT2D eigenvalue weighted by Crippen LogP contribution is -2.54. The molecule has 0 spiro atoms. The van der Waals surface area contributed by atoms with E-state index in [-0.39, 0.29) is 11.7 Å². The van der Waals surface area contributed by atoms with Crippen LogP contribution < -0.4 is 10.6 Å². The van der Waals surface area contributed by atoms with Crippen LogP contribution in [0.25, 0.3) is 0 Å². The van der Waals surface area contributed by atoms with Gasteiger partial charge in [0.1, 0.15) is 0 Å². The second-order valence-corrected chi connectivity index (χ2v) is 5.30. The van der Waals surface area contributed by atoms with Crippen molar-refractivity contribution in [2.75, 3.05) is 11.9 Å². The van der Waals surface area contributed by atoms with Crippen molar-refractivity contribution in [2.24, 2.45) is 0 Å². The lowest BCUT2D eigenvalue weighted by atomic mass is 9.90. The lowest BCUT2D eigenvalue weighted by molar-refractivity contribution is -0.122. The number of ketones is 1. The van der Waals surface area contributed by atoms with E-state index in [4.69, 9.17) is 0 Å². The molecule has 1 aromatic rings. The summed E-state index contributed by atoms with van der Waals surface area (Å²) in [5, 5.41) is 6.18. The van der Waals surface area contributed by atoms with Crippen LogP contribution in [0.15, 0.2) is 24.3 Å². The summed E-state index contributed by atoms with van der Waals surface area (Å²) in [4.78, 5) is 23.4. The van der Waals surface area contributed by atoms with Crippen LogP contribution in [0.2, 0.25) is 0 Å². The number of Topliss-reactive ketones (excluding diaryl/α,β-unsaturated/α-hetero) is 1. The third kappa shape index (κ3) is 3.20. The third-order valence-electron chi connectivity index (χ3n) is 3.67. The molecular formula is C15H20N2O2. The largest absolute Gasteiger partial charge is 0.324 e. The Kier molecular flexibility index (Phi) is 4.00. The van der Waals surface area contributed by atoms with Crippen LogP contribution in [-0.4, -0.2) is 23.8 Å². The summed E-state index contributed by atoms with van der Waals surface area (Å²) in [7, 11) is 0. The van der Waals surface area contributed by atoms with Crippen LogP contribution in [-0.2, 0) is 4.79 Å². The smallest absolute Gasteiger partial charge is 0.244 e. The van der Waals surface area contributed by atoms with Crippen molar-refractivity contribution in [3.05, 3.63) is 29.8 Å². The monoisotopic (exact) mass is 260 g/mol. The average molecular weight is 260 g/mol. The molecule has 1 aliphatic rings. The fourth-order valence-corrected chi connectivity index (χ4v) is 2.31. The number of hydrogen-bond donors (Lipinski definition) is 2. The minimum atomic E-state index is -0.489. The third-order valence-corrected chi connectivity index (χ3v) is 3.67. The van der Waals surface area contributed by atoms with E-state index < -0.39 is 5.54 Å². The maximum atomic E-state index is 12.3. The first-order chi connectivity index (χ1) is 9.01. The molecule has 1 aromatic carbocycles. The van der Waals surface area contributed by atoms with Crippen LogP contribution >= 0.6 is 0 Å². The van der Waals surface area contributed by atoms with Crippen LogP contribution in [0.1, 0.15) is 43.5 Å². The first-order valence-corrected chi connectivity index (χ1v) is 6.69. The van der Waals surface area contributed by atoms with E-state index in [1.54, 1.807) is 24.3 Å². The van der Waals surface area contributed by atoms with Crippen molar-refractivity contribution in [2.45, 2.75) is 38.6 Å². The zero-order valence-corrected chi connectivity index (χ0v) is 11.5. The molecule has 0 aromatic heterocycles. The second kappa shape index (κ2) is 5.53. The standard InChI is InChI=1S/C15H20N2O2/c1-11(18)12-5-7-13(8-6-12)17-14(19)15(2)9-3-4-10-16-15/h5-8,16H,3-4,9-10H2,1-2H3,(H,17,19). The van der Waals surface area contributed by atoms with Crippen LogP contribution in [0.4, 0.5) is 5.69 Å². The highest BCUT2D eigenvalue weighted by atomic mass is 16.2. The molecule has 1 saturated heterocycles. The predicted molar refractivity (Wildman–Crippen MR) is 75.3 cm³/mol. The summed E-state index contributed by atoms with van der Waals surface area (Å²) < 4.78 is 0. The van der Waals surface area contributed by atoms with E-state index in [9.17, 15) is 9.59 Å². The molecule has 0 saturated carbocycles. The van der Waals surface area contributed by atoms with E-state index >= 15 is 0 Å². The van der Waals surface area contributed by atoms with E-state index in [0.717, 1.165) is 31.5 Å². The molecule has 1 aliphatic heterocycles. The summed E-state index contributed by atoms with van der Waals surface area (Å²) in [6.07, 6.45) is 3.04. The number of amides is 1. The van der Waals surface area contributed by atoms with Crippen molar-refractivity contribution in [1.82, 2.24) is 5.32 Å². The number of carbonyl (C=O) groups excluding carboxylic acids is 2. The molecular weight excluding hydrogens is 240 g/mol. The molecule has 0 radical (unpaired) electrons. The first kappa shape index (κ1) is 13.7. The molecule has 1 fully saturated rings. The number of hydrogen-bond acceptors (Lipinski definition) is 3. The molecule has 1 unspecified atom stereocenters. The number of rotatable bonds is 3. The van der Waals surface area contributed by atoms with Gasteiger partial charge in [-0.3, -0.25) is 9.59 Å². The van der Waals surface area contributed by atoms with E-state index in [2.05, 4.69) is 10.6 Å². The van der Waals surface area contributed by atoms with Gasteiger partial charge in [-0.25, -0.2) is 0 Å². The Morgan fingerprint density at radius 3 is 2.42 bits per heavy atom. The Labute approximate surface area is 113 Å². The fourth-order valence-electron chi connectivity index (χ4n) is 2.31. The first-order valence-electron chi connectivity index (χ1n) is 6.69. The quantitative estimate of drug-likeness (QED) is 0.820. The van der Waals surface area contributed by atoms with Gasteiger partial charge < -0.3 is 10.6 Å². The summed E-state index contributed by atoms with van der Waals surface area (Å²) in [5.41, 5.74) is 0.890. The Balaban J connectivity index is 2.04. The van der Waals surface area contributed by atoms with Crippen LogP contribution in [0, 0.1) is 0 Å². The number of benzene rings is 1. The number of anilines is 1. The van der Waals surface area contributed by atoms with Crippen LogP contribution in [0.5, 0.6) is 0 Å². The van der Waals surface area contributed by atoms with Gasteiger partial charge in [0, 0.05) is 11.3 Å². The van der Waals surface area contributed by atoms with Crippen LogP contribution in [0.3, 0.4) is 0 Å². The molecule has 19 heavy (non-hydrogen) atoms. The van der Waals surface area contributed by atoms with Crippen molar-refractivity contribution in [1.29, 1.82) is 0 Å². The topological polar surface area (TPSA) is 58.2 Å². The normalized spacial score (nSPS) is 22.8. The maximum Gasteiger partial charge on any atom is 0.244 e. The minimum absolute atomic E-state index is 0.0113. The van der Waals surface area contributed by atoms with E-state index in [1.807, 2.05) is 6.92 Å². The highest BCUT2D eigenvalue weighted by Crippen LogP contribution is 2.21. The zero-order valence-electron chi connectivity index (χ0n) is 11.5. The van der Waals surface area contributed by atoms with Gasteiger partial charge in [-0.2, -0.15) is 0 Å². The zero-order chi connectivity index (χ0) is 13.9. The predicted octanol–water partition coefficient (Wildman–Crippen LogP) is 2.36. The number of carbonyl (C=O) groups is 2. The highest BCUT2D eigenvalue weighted by Gasteiger charge is 2.34. The number of piperidine rings is 1. The Bertz CT molecular complexity index is 473. The SMILES string of the molecule is CC(=O)c1ccc(NC(=O)C2(C)CCCCN2)cc1. The molecule has 1 amide bonds. The molecule has 1 atom stereocenters. The van der Waals surface area contributed by atoms with E-state index in [0.29, 0.717) is 5.56 Å². The number of nitrogens with one attached hydrogen (secondary N) is 2. The van der Waals surface area contributed by atoms with Gasteiger partial charge in [0.2, 0.25) is 5.91 Å². The molecule has 102 valence electrons. The molecule has 4 nitrogen and oxygen atoms in total. The van der Waals surface area contributed by atoms with Gasteiger partial charge in [0.15, 0.2) is 5.78 Å². The van der Waals surface area contributed by atoms with Gasteiger partial charge in [0.25, 0.3) is 0 Å². The molecule has 2 N–H and O–H groups in total. The average Bonchev–Trinajstić information content (AvgIpc) is 2.40. The summed E-state index contributed by atoms with van der Waals surface area (Å²) in [6, 6.07) is 6.99. The summed E-state index contributed by atoms with van der Waals surface area (Å²) in [6.45, 7) is 4.35. The fraction of sp³-hybridized carbons (Fsp3) is 0.467. The minimum Gasteiger partial charge on any atom is -0.324 e. The van der Waals surface area contributed by atoms with Crippen molar-refractivity contribution >= 4 is 17.4 Å². The molecule has 2 rings (SSSR count). The maximum absolute atomic E-state index is 12.3. The van der Waals surface area contributed by atoms with Crippen molar-refractivity contribution < 1.29 is 9.59 Å². The molecule has 0 bridgehead atoms. The Hall–Kier alpha value is -1.68.